The van der Waals surface area contributed by atoms with Gasteiger partial charge in [-0.25, -0.2) is 0 Å². The van der Waals surface area contributed by atoms with Gasteiger partial charge in [-0.1, -0.05) is 12.2 Å². The Morgan fingerprint density at radius 2 is 1.73 bits per heavy atom. The zero-order valence-corrected chi connectivity index (χ0v) is 11.9. The fourth-order valence-electron chi connectivity index (χ4n) is 2.08. The molecule has 1 aromatic carbocycles. The Morgan fingerprint density at radius 1 is 0.955 bits per heavy atom. The van der Waals surface area contributed by atoms with Crippen molar-refractivity contribution in [3.05, 3.63) is 96.7 Å². The van der Waals surface area contributed by atoms with Crippen LogP contribution in [0.25, 0.3) is 11.8 Å². The van der Waals surface area contributed by atoms with E-state index in [1.54, 1.807) is 30.6 Å². The van der Waals surface area contributed by atoms with Crippen LogP contribution in [0.4, 0.5) is 0 Å². The quantitative estimate of drug-likeness (QED) is 0.393. The topological polar surface area (TPSA) is 35.1 Å². The second kappa shape index (κ2) is 6.59. The van der Waals surface area contributed by atoms with Gasteiger partial charge in [0.05, 0.1) is 6.26 Å². The van der Waals surface area contributed by atoms with Crippen LogP contribution in [0.5, 0.6) is 0 Å². The normalized spacial score (nSPS) is 11.5. The van der Waals surface area contributed by atoms with E-state index >= 15 is 0 Å². The predicted octanol–water partition coefficient (Wildman–Crippen LogP) is 4.52. The summed E-state index contributed by atoms with van der Waals surface area (Å²) in [6, 6.07) is 15.1. The lowest BCUT2D eigenvalue weighted by atomic mass is 10.1. The minimum atomic E-state index is -0.0249. The Balaban J connectivity index is 1.65. The van der Waals surface area contributed by atoms with Crippen molar-refractivity contribution in [2.45, 2.75) is 0 Å². The highest BCUT2D eigenvalue weighted by Gasteiger charge is 2.01. The zero-order chi connectivity index (χ0) is 15.2. The van der Waals surface area contributed by atoms with E-state index in [1.165, 1.54) is 0 Å². The van der Waals surface area contributed by atoms with Crippen LogP contribution in [-0.2, 0) is 0 Å². The molecule has 0 atom stereocenters. The Hall–Kier alpha value is -3.07. The molecule has 22 heavy (non-hydrogen) atoms. The number of hydrogen-bond acceptors (Lipinski definition) is 2. The molecule has 0 aliphatic heterocycles. The Bertz CT molecular complexity index is 777. The maximum absolute atomic E-state index is 12.1. The molecule has 0 fully saturated rings. The van der Waals surface area contributed by atoms with Crippen LogP contribution < -0.4 is 0 Å². The molecule has 3 aromatic rings. The number of allylic oxidation sites excluding steroid dienone is 3. The van der Waals surface area contributed by atoms with Crippen LogP contribution in [0.1, 0.15) is 16.1 Å². The molecule has 0 bridgehead atoms. The van der Waals surface area contributed by atoms with Crippen LogP contribution in [0, 0.1) is 0 Å². The van der Waals surface area contributed by atoms with Crippen molar-refractivity contribution in [1.82, 2.24) is 4.57 Å². The number of carbonyl (C=O) groups is 1. The van der Waals surface area contributed by atoms with E-state index in [0.717, 1.165) is 11.4 Å². The van der Waals surface area contributed by atoms with Crippen molar-refractivity contribution in [3.8, 4) is 5.69 Å². The van der Waals surface area contributed by atoms with E-state index in [0.29, 0.717) is 5.56 Å². The van der Waals surface area contributed by atoms with Gasteiger partial charge in [0.25, 0.3) is 0 Å². The first kappa shape index (κ1) is 13.9. The average molecular weight is 289 g/mol. The molecule has 0 unspecified atom stereocenters. The van der Waals surface area contributed by atoms with Crippen molar-refractivity contribution in [2.24, 2.45) is 0 Å². The Labute approximate surface area is 128 Å². The van der Waals surface area contributed by atoms with Crippen LogP contribution in [0.2, 0.25) is 0 Å². The predicted molar refractivity (Wildman–Crippen MR) is 87.0 cm³/mol. The van der Waals surface area contributed by atoms with Crippen molar-refractivity contribution >= 4 is 11.9 Å². The van der Waals surface area contributed by atoms with Gasteiger partial charge >= 0.3 is 0 Å². The van der Waals surface area contributed by atoms with Crippen LogP contribution in [0.15, 0.2) is 89.8 Å². The van der Waals surface area contributed by atoms with Gasteiger partial charge < -0.3 is 8.98 Å². The molecule has 0 aliphatic carbocycles. The number of furan rings is 1. The van der Waals surface area contributed by atoms with E-state index in [1.807, 2.05) is 65.5 Å². The summed E-state index contributed by atoms with van der Waals surface area (Å²) >= 11 is 0. The first-order chi connectivity index (χ1) is 10.8. The van der Waals surface area contributed by atoms with Crippen molar-refractivity contribution in [1.29, 1.82) is 0 Å². The van der Waals surface area contributed by atoms with Gasteiger partial charge in [0.15, 0.2) is 5.78 Å². The fraction of sp³-hybridized carbons (Fsp3) is 0. The summed E-state index contributed by atoms with van der Waals surface area (Å²) in [6.45, 7) is 0. The third-order valence-electron chi connectivity index (χ3n) is 3.22. The van der Waals surface area contributed by atoms with E-state index in [2.05, 4.69) is 0 Å². The molecule has 3 rings (SSSR count). The molecule has 2 aromatic heterocycles. The molecule has 3 nitrogen and oxygen atoms in total. The number of nitrogens with zero attached hydrogens (tertiary/aromatic N) is 1. The summed E-state index contributed by atoms with van der Waals surface area (Å²) in [5.41, 5.74) is 1.70. The molecule has 0 saturated heterocycles. The lowest BCUT2D eigenvalue weighted by Gasteiger charge is -2.03. The van der Waals surface area contributed by atoms with Gasteiger partial charge in [-0.15, -0.1) is 0 Å². The molecule has 3 heteroatoms. The van der Waals surface area contributed by atoms with E-state index < -0.39 is 0 Å². The van der Waals surface area contributed by atoms with Gasteiger partial charge in [0.1, 0.15) is 5.76 Å². The molecule has 108 valence electrons. The maximum atomic E-state index is 12.1. The second-order valence-corrected chi connectivity index (χ2v) is 4.74. The monoisotopic (exact) mass is 289 g/mol. The van der Waals surface area contributed by atoms with E-state index in [-0.39, 0.29) is 5.78 Å². The Kier molecular flexibility index (Phi) is 4.16. The molecule has 2 heterocycles. The fourth-order valence-corrected chi connectivity index (χ4v) is 2.08. The van der Waals surface area contributed by atoms with Gasteiger partial charge in [0, 0.05) is 23.6 Å². The molecule has 0 N–H and O–H groups in total. The number of benzene rings is 1. The third kappa shape index (κ3) is 3.33. The van der Waals surface area contributed by atoms with Gasteiger partial charge in [0.2, 0.25) is 0 Å². The molecular weight excluding hydrogens is 274 g/mol. The largest absolute Gasteiger partial charge is 0.465 e. The van der Waals surface area contributed by atoms with Crippen molar-refractivity contribution in [3.63, 3.8) is 0 Å². The standard InChI is InChI=1S/C19H15NO2/c21-19(8-2-1-6-18-7-5-15-22-18)16-9-11-17(12-10-16)20-13-3-4-14-20/h1-15H/b6-1+,8-2+. The first-order valence-electron chi connectivity index (χ1n) is 6.99. The molecule has 0 saturated carbocycles. The van der Waals surface area contributed by atoms with E-state index in [4.69, 9.17) is 4.42 Å². The molecule has 0 radical (unpaired) electrons. The summed E-state index contributed by atoms with van der Waals surface area (Å²) in [6.07, 6.45) is 12.4. The minimum Gasteiger partial charge on any atom is -0.465 e. The lowest BCUT2D eigenvalue weighted by Crippen LogP contribution is -1.95. The smallest absolute Gasteiger partial charge is 0.185 e. The minimum absolute atomic E-state index is 0.0249. The molecular formula is C19H15NO2. The van der Waals surface area contributed by atoms with Crippen molar-refractivity contribution < 1.29 is 9.21 Å². The second-order valence-electron chi connectivity index (χ2n) is 4.74. The summed E-state index contributed by atoms with van der Waals surface area (Å²) < 4.78 is 7.16. The van der Waals surface area contributed by atoms with Gasteiger partial charge in [-0.2, -0.15) is 0 Å². The number of ketones is 1. The number of carbonyl (C=O) groups excluding carboxylic acids is 1. The summed E-state index contributed by atoms with van der Waals surface area (Å²) in [7, 11) is 0. The zero-order valence-electron chi connectivity index (χ0n) is 11.9. The van der Waals surface area contributed by atoms with Gasteiger partial charge in [-0.3, -0.25) is 4.79 Å². The number of aromatic nitrogens is 1. The highest BCUT2D eigenvalue weighted by molar-refractivity contribution is 6.04. The summed E-state index contributed by atoms with van der Waals surface area (Å²) in [5, 5.41) is 0. The third-order valence-corrected chi connectivity index (χ3v) is 3.22. The van der Waals surface area contributed by atoms with Crippen LogP contribution in [0.3, 0.4) is 0 Å². The molecule has 0 aliphatic rings. The highest BCUT2D eigenvalue weighted by atomic mass is 16.3. The lowest BCUT2D eigenvalue weighted by molar-refractivity contribution is 0.104. The number of hydrogen-bond donors (Lipinski definition) is 0. The summed E-state index contributed by atoms with van der Waals surface area (Å²) in [5.74, 6) is 0.733. The van der Waals surface area contributed by atoms with Crippen LogP contribution in [-0.4, -0.2) is 10.4 Å². The average Bonchev–Trinajstić information content (AvgIpc) is 3.25. The SMILES string of the molecule is O=C(/C=C/C=C/c1ccco1)c1ccc(-n2cccc2)cc1. The van der Waals surface area contributed by atoms with Crippen LogP contribution >= 0.6 is 0 Å². The highest BCUT2D eigenvalue weighted by Crippen LogP contribution is 2.11. The summed E-state index contributed by atoms with van der Waals surface area (Å²) in [4.78, 5) is 12.1. The molecule has 0 amide bonds. The van der Waals surface area contributed by atoms with Crippen molar-refractivity contribution in [2.75, 3.05) is 0 Å². The maximum Gasteiger partial charge on any atom is 0.185 e. The Morgan fingerprint density at radius 3 is 2.41 bits per heavy atom. The first-order valence-corrected chi connectivity index (χ1v) is 6.99. The van der Waals surface area contributed by atoms with Gasteiger partial charge in [-0.05, 0) is 60.7 Å². The molecule has 0 spiro atoms. The van der Waals surface area contributed by atoms with E-state index in [9.17, 15) is 4.79 Å². The number of rotatable bonds is 5.